The van der Waals surface area contributed by atoms with Crippen LogP contribution in [0.3, 0.4) is 0 Å². The standard InChI is InChI=1S/C25H27N3O6S/c1-16-8-10-18(11-9-16)28(35(31,32)19-12-13-22(33-3)23(14-19)34-4)15-24(29)27-21-7-5-6-20(17(21)2)25(26)30/h5-14H,15H2,1-4H3,(H2,26,30)(H,27,29). The van der Waals surface area contributed by atoms with E-state index >= 15 is 0 Å². The molecule has 9 nitrogen and oxygen atoms in total. The number of ether oxygens (including phenoxy) is 2. The smallest absolute Gasteiger partial charge is 0.264 e. The Morgan fingerprint density at radius 3 is 2.20 bits per heavy atom. The molecular formula is C25H27N3O6S. The van der Waals surface area contributed by atoms with Crippen LogP contribution >= 0.6 is 0 Å². The van der Waals surface area contributed by atoms with Crippen molar-refractivity contribution in [2.24, 2.45) is 5.73 Å². The molecule has 0 spiro atoms. The lowest BCUT2D eigenvalue weighted by molar-refractivity contribution is -0.114. The largest absolute Gasteiger partial charge is 0.493 e. The molecule has 0 atom stereocenters. The number of hydrogen-bond acceptors (Lipinski definition) is 6. The molecule has 2 amide bonds. The Labute approximate surface area is 204 Å². The van der Waals surface area contributed by atoms with Crippen molar-refractivity contribution < 1.29 is 27.5 Å². The van der Waals surface area contributed by atoms with Crippen molar-refractivity contribution in [1.82, 2.24) is 0 Å². The molecule has 0 saturated carbocycles. The van der Waals surface area contributed by atoms with Gasteiger partial charge in [-0.25, -0.2) is 8.42 Å². The van der Waals surface area contributed by atoms with Gasteiger partial charge in [0.25, 0.3) is 10.0 Å². The molecule has 3 N–H and O–H groups in total. The third-order valence-corrected chi connectivity index (χ3v) is 7.20. The summed E-state index contributed by atoms with van der Waals surface area (Å²) in [6.45, 7) is 3.01. The van der Waals surface area contributed by atoms with E-state index in [1.165, 1.54) is 32.4 Å². The summed E-state index contributed by atoms with van der Waals surface area (Å²) in [5, 5.41) is 2.68. The number of amides is 2. The van der Waals surface area contributed by atoms with Crippen LogP contribution in [0.2, 0.25) is 0 Å². The number of methoxy groups -OCH3 is 2. The summed E-state index contributed by atoms with van der Waals surface area (Å²) in [5.41, 5.74) is 7.73. The van der Waals surface area contributed by atoms with E-state index in [9.17, 15) is 18.0 Å². The number of anilines is 2. The van der Waals surface area contributed by atoms with Crippen LogP contribution in [0.15, 0.2) is 65.6 Å². The number of nitrogens with one attached hydrogen (secondary N) is 1. The zero-order valence-corrected chi connectivity index (χ0v) is 20.7. The Balaban J connectivity index is 2.00. The molecular weight excluding hydrogens is 470 g/mol. The van der Waals surface area contributed by atoms with Crippen LogP contribution in [0.25, 0.3) is 0 Å². The average molecular weight is 498 g/mol. The van der Waals surface area contributed by atoms with Gasteiger partial charge in [-0.15, -0.1) is 0 Å². The van der Waals surface area contributed by atoms with Gasteiger partial charge in [0.2, 0.25) is 11.8 Å². The topological polar surface area (TPSA) is 128 Å². The first-order valence-corrected chi connectivity index (χ1v) is 12.0. The van der Waals surface area contributed by atoms with Crippen LogP contribution in [0.1, 0.15) is 21.5 Å². The van der Waals surface area contributed by atoms with Crippen molar-refractivity contribution in [1.29, 1.82) is 0 Å². The third-order valence-electron chi connectivity index (χ3n) is 5.43. The van der Waals surface area contributed by atoms with Crippen LogP contribution < -0.4 is 24.8 Å². The van der Waals surface area contributed by atoms with Gasteiger partial charge in [0.15, 0.2) is 11.5 Å². The van der Waals surface area contributed by atoms with E-state index in [4.69, 9.17) is 15.2 Å². The summed E-state index contributed by atoms with van der Waals surface area (Å²) in [6.07, 6.45) is 0. The van der Waals surface area contributed by atoms with Gasteiger partial charge in [0, 0.05) is 17.3 Å². The number of nitrogens with two attached hydrogens (primary N) is 1. The second kappa shape index (κ2) is 10.5. The molecule has 0 aliphatic heterocycles. The molecule has 0 aromatic heterocycles. The van der Waals surface area contributed by atoms with E-state index in [-0.39, 0.29) is 16.2 Å². The molecule has 0 fully saturated rings. The van der Waals surface area contributed by atoms with Crippen molar-refractivity contribution in [2.75, 3.05) is 30.4 Å². The molecule has 0 heterocycles. The molecule has 3 aromatic rings. The maximum absolute atomic E-state index is 13.7. The second-order valence-corrected chi connectivity index (χ2v) is 9.62. The van der Waals surface area contributed by atoms with Gasteiger partial charge in [0.1, 0.15) is 6.54 Å². The number of sulfonamides is 1. The van der Waals surface area contributed by atoms with Crippen LogP contribution in [0, 0.1) is 13.8 Å². The Morgan fingerprint density at radius 2 is 1.60 bits per heavy atom. The van der Waals surface area contributed by atoms with Gasteiger partial charge < -0.3 is 20.5 Å². The van der Waals surface area contributed by atoms with Crippen LogP contribution in [-0.2, 0) is 14.8 Å². The number of benzene rings is 3. The third kappa shape index (κ3) is 5.55. The second-order valence-electron chi connectivity index (χ2n) is 7.75. The van der Waals surface area contributed by atoms with E-state index in [0.29, 0.717) is 22.7 Å². The molecule has 0 unspecified atom stereocenters. The summed E-state index contributed by atoms with van der Waals surface area (Å²) >= 11 is 0. The van der Waals surface area contributed by atoms with Gasteiger partial charge in [-0.2, -0.15) is 0 Å². The molecule has 184 valence electrons. The van der Waals surface area contributed by atoms with Crippen LogP contribution in [0.5, 0.6) is 11.5 Å². The summed E-state index contributed by atoms with van der Waals surface area (Å²) in [4.78, 5) is 24.6. The quantitative estimate of drug-likeness (QED) is 0.467. The maximum atomic E-state index is 13.7. The van der Waals surface area contributed by atoms with Crippen LogP contribution in [0.4, 0.5) is 11.4 Å². The van der Waals surface area contributed by atoms with E-state index in [0.717, 1.165) is 9.87 Å². The van der Waals surface area contributed by atoms with E-state index in [1.807, 2.05) is 6.92 Å². The summed E-state index contributed by atoms with van der Waals surface area (Å²) in [5.74, 6) is -0.619. The lowest BCUT2D eigenvalue weighted by atomic mass is 10.1. The molecule has 35 heavy (non-hydrogen) atoms. The number of carbonyl (C=O) groups is 2. The zero-order chi connectivity index (χ0) is 25.8. The Bertz CT molecular complexity index is 1350. The van der Waals surface area contributed by atoms with Crippen molar-refractivity contribution in [3.63, 3.8) is 0 Å². The fraction of sp³-hybridized carbons (Fsp3) is 0.200. The number of primary amides is 1. The maximum Gasteiger partial charge on any atom is 0.264 e. The molecule has 0 bridgehead atoms. The summed E-state index contributed by atoms with van der Waals surface area (Å²) in [7, 11) is -1.33. The van der Waals surface area contributed by atoms with Gasteiger partial charge in [-0.1, -0.05) is 23.8 Å². The average Bonchev–Trinajstić information content (AvgIpc) is 2.83. The predicted octanol–water partition coefficient (Wildman–Crippen LogP) is 3.25. The first kappa shape index (κ1) is 25.6. The summed E-state index contributed by atoms with van der Waals surface area (Å²) in [6, 6.07) is 15.7. The lowest BCUT2D eigenvalue weighted by Crippen LogP contribution is -2.38. The van der Waals surface area contributed by atoms with Crippen molar-refractivity contribution in [3.8, 4) is 11.5 Å². The Kier molecular flexibility index (Phi) is 7.65. The molecule has 10 heteroatoms. The van der Waals surface area contributed by atoms with Crippen molar-refractivity contribution >= 4 is 33.2 Å². The number of nitrogens with zero attached hydrogens (tertiary/aromatic N) is 1. The highest BCUT2D eigenvalue weighted by molar-refractivity contribution is 7.92. The number of rotatable bonds is 9. The first-order valence-electron chi connectivity index (χ1n) is 10.6. The van der Waals surface area contributed by atoms with E-state index in [1.54, 1.807) is 49.4 Å². The van der Waals surface area contributed by atoms with Crippen molar-refractivity contribution in [3.05, 3.63) is 77.4 Å². The molecule has 3 aromatic carbocycles. The number of aryl methyl sites for hydroxylation is 1. The highest BCUT2D eigenvalue weighted by Gasteiger charge is 2.28. The predicted molar refractivity (Wildman–Crippen MR) is 134 cm³/mol. The van der Waals surface area contributed by atoms with Crippen molar-refractivity contribution in [2.45, 2.75) is 18.7 Å². The monoisotopic (exact) mass is 497 g/mol. The molecule has 0 saturated heterocycles. The zero-order valence-electron chi connectivity index (χ0n) is 19.9. The fourth-order valence-corrected chi connectivity index (χ4v) is 4.93. The van der Waals surface area contributed by atoms with Gasteiger partial charge in [-0.05, 0) is 55.8 Å². The lowest BCUT2D eigenvalue weighted by Gasteiger charge is -2.25. The van der Waals surface area contributed by atoms with Crippen LogP contribution in [-0.4, -0.2) is 41.0 Å². The SMILES string of the molecule is COc1ccc(S(=O)(=O)N(CC(=O)Nc2cccc(C(N)=O)c2C)c2ccc(C)cc2)cc1OC. The normalized spacial score (nSPS) is 11.0. The highest BCUT2D eigenvalue weighted by Crippen LogP contribution is 2.32. The Morgan fingerprint density at radius 1 is 0.943 bits per heavy atom. The molecule has 0 radical (unpaired) electrons. The molecule has 3 rings (SSSR count). The summed E-state index contributed by atoms with van der Waals surface area (Å²) < 4.78 is 38.8. The minimum Gasteiger partial charge on any atom is -0.493 e. The van der Waals surface area contributed by atoms with Gasteiger partial charge >= 0.3 is 0 Å². The van der Waals surface area contributed by atoms with E-state index < -0.39 is 28.4 Å². The minimum absolute atomic E-state index is 0.0737. The Hall–Kier alpha value is -4.05. The number of carbonyl (C=O) groups excluding carboxylic acids is 2. The van der Waals surface area contributed by atoms with Gasteiger partial charge in [-0.3, -0.25) is 13.9 Å². The molecule has 0 aliphatic carbocycles. The first-order chi connectivity index (χ1) is 16.6. The van der Waals surface area contributed by atoms with Gasteiger partial charge in [0.05, 0.1) is 24.8 Å². The highest BCUT2D eigenvalue weighted by atomic mass is 32.2. The minimum atomic E-state index is -4.18. The fourth-order valence-electron chi connectivity index (χ4n) is 3.49. The number of hydrogen-bond donors (Lipinski definition) is 2. The van der Waals surface area contributed by atoms with E-state index in [2.05, 4.69) is 5.32 Å². The molecule has 0 aliphatic rings.